The Labute approximate surface area is 302 Å². The molecule has 1 unspecified atom stereocenters. The van der Waals surface area contributed by atoms with Crippen LogP contribution >= 0.6 is 23.1 Å². The Hall–Kier alpha value is -6.03. The fourth-order valence-electron chi connectivity index (χ4n) is 4.85. The molecule has 256 valence electrons. The second kappa shape index (κ2) is 17.1. The Morgan fingerprint density at radius 3 is 2.18 bits per heavy atom. The molecule has 0 radical (unpaired) electrons. The van der Waals surface area contributed by atoms with Gasteiger partial charge in [-0.05, 0) is 85.1 Å². The fourth-order valence-corrected chi connectivity index (χ4v) is 6.92. The predicted molar refractivity (Wildman–Crippen MR) is 200 cm³/mol. The molecule has 5 aromatic rings. The van der Waals surface area contributed by atoms with Crippen LogP contribution in [0.25, 0.3) is 6.08 Å². The number of benzene rings is 4. The van der Waals surface area contributed by atoms with Crippen molar-refractivity contribution in [3.63, 3.8) is 0 Å². The zero-order valence-electron chi connectivity index (χ0n) is 27.5. The molecule has 0 saturated carbocycles. The average molecular weight is 718 g/mol. The van der Waals surface area contributed by atoms with Gasteiger partial charge in [0.25, 0.3) is 17.7 Å². The lowest BCUT2D eigenvalue weighted by atomic mass is 10.1. The summed E-state index contributed by atoms with van der Waals surface area (Å²) >= 11 is 2.31. The minimum Gasteiger partial charge on any atom is -0.321 e. The third kappa shape index (κ3) is 9.57. The van der Waals surface area contributed by atoms with E-state index >= 15 is 0 Å². The molecule has 4 aromatic carbocycles. The predicted octanol–water partition coefficient (Wildman–Crippen LogP) is 8.24. The first-order chi connectivity index (χ1) is 24.6. The summed E-state index contributed by atoms with van der Waals surface area (Å²) < 4.78 is 13.5. The standard InChI is InChI=1S/C39H32FN5O4S2/c1-3-33(37(48)45-39-31(23-41)24(2)34(51-39)38(49)42-28-13-8-5-9-14-28)50-30-16-10-15-29(22-30)43-36(47)32(21-25-17-19-27(40)20-18-25)44-35(46)26-11-6-4-7-12-26/h4-22,33H,3H2,1-2H3,(H,42,49)(H,43,47)(H,44,46)(H,45,48)/b32-21+. The number of thiophene rings is 1. The maximum atomic E-state index is 13.5. The quantitative estimate of drug-likeness (QED) is 0.0757. The number of nitrogens with zero attached hydrogens (tertiary/aromatic N) is 1. The topological polar surface area (TPSA) is 140 Å². The summed E-state index contributed by atoms with van der Waals surface area (Å²) in [6, 6.07) is 31.9. The van der Waals surface area contributed by atoms with E-state index in [1.165, 1.54) is 42.1 Å². The number of rotatable bonds is 12. The molecule has 9 nitrogen and oxygen atoms in total. The minimum atomic E-state index is -0.611. The molecule has 0 spiro atoms. The van der Waals surface area contributed by atoms with Crippen LogP contribution in [0.1, 0.15) is 50.1 Å². The number of thioether (sulfide) groups is 1. The largest absolute Gasteiger partial charge is 0.321 e. The van der Waals surface area contributed by atoms with Gasteiger partial charge < -0.3 is 21.3 Å². The summed E-state index contributed by atoms with van der Waals surface area (Å²) in [7, 11) is 0. The Morgan fingerprint density at radius 2 is 1.51 bits per heavy atom. The summed E-state index contributed by atoms with van der Waals surface area (Å²) in [5, 5.41) is 20.7. The summed E-state index contributed by atoms with van der Waals surface area (Å²) in [6.07, 6.45) is 1.89. The van der Waals surface area contributed by atoms with Crippen LogP contribution in [0.15, 0.2) is 120 Å². The molecule has 0 saturated heterocycles. The highest BCUT2D eigenvalue weighted by Gasteiger charge is 2.25. The molecular formula is C39H32FN5O4S2. The molecule has 4 amide bonds. The third-order valence-electron chi connectivity index (χ3n) is 7.48. The average Bonchev–Trinajstić information content (AvgIpc) is 3.46. The molecule has 1 atom stereocenters. The number of amides is 4. The summed E-state index contributed by atoms with van der Waals surface area (Å²) in [6.45, 7) is 3.53. The van der Waals surface area contributed by atoms with Gasteiger partial charge in [0.05, 0.1) is 15.7 Å². The number of halogens is 1. The van der Waals surface area contributed by atoms with E-state index in [0.717, 1.165) is 11.3 Å². The maximum Gasteiger partial charge on any atom is 0.272 e. The zero-order chi connectivity index (χ0) is 36.3. The van der Waals surface area contributed by atoms with Gasteiger partial charge in [-0.25, -0.2) is 4.39 Å². The van der Waals surface area contributed by atoms with Crippen LogP contribution < -0.4 is 21.3 Å². The number of carbonyl (C=O) groups is 4. The van der Waals surface area contributed by atoms with Crippen molar-refractivity contribution in [2.45, 2.75) is 30.4 Å². The van der Waals surface area contributed by atoms with Crippen LogP contribution in [0.3, 0.4) is 0 Å². The molecule has 0 aliphatic heterocycles. The first kappa shape index (κ1) is 36.3. The Morgan fingerprint density at radius 1 is 0.843 bits per heavy atom. The number of nitrogens with one attached hydrogen (secondary N) is 4. The highest BCUT2D eigenvalue weighted by atomic mass is 32.2. The molecule has 1 aromatic heterocycles. The molecular weight excluding hydrogens is 686 g/mol. The molecule has 0 fully saturated rings. The van der Waals surface area contributed by atoms with Crippen molar-refractivity contribution in [1.82, 2.24) is 5.32 Å². The molecule has 0 aliphatic carbocycles. The highest BCUT2D eigenvalue weighted by molar-refractivity contribution is 8.00. The van der Waals surface area contributed by atoms with E-state index in [-0.39, 0.29) is 28.1 Å². The zero-order valence-corrected chi connectivity index (χ0v) is 29.2. The van der Waals surface area contributed by atoms with Crippen LogP contribution in [0.4, 0.5) is 20.8 Å². The van der Waals surface area contributed by atoms with E-state index in [4.69, 9.17) is 0 Å². The van der Waals surface area contributed by atoms with Crippen molar-refractivity contribution in [2.24, 2.45) is 0 Å². The Balaban J connectivity index is 1.29. The van der Waals surface area contributed by atoms with Crippen LogP contribution in [-0.2, 0) is 9.59 Å². The van der Waals surface area contributed by atoms with Gasteiger partial charge in [-0.15, -0.1) is 23.1 Å². The van der Waals surface area contributed by atoms with Crippen LogP contribution in [0, 0.1) is 24.1 Å². The molecule has 0 aliphatic rings. The van der Waals surface area contributed by atoms with E-state index < -0.39 is 22.9 Å². The van der Waals surface area contributed by atoms with Crippen molar-refractivity contribution in [2.75, 3.05) is 16.0 Å². The Bertz CT molecular complexity index is 2130. The third-order valence-corrected chi connectivity index (χ3v) is 10.0. The molecule has 4 N–H and O–H groups in total. The second-order valence-corrected chi connectivity index (χ2v) is 13.4. The minimum absolute atomic E-state index is 0.0595. The number of nitriles is 1. The van der Waals surface area contributed by atoms with Gasteiger partial charge in [0, 0.05) is 21.8 Å². The molecule has 1 heterocycles. The van der Waals surface area contributed by atoms with Crippen LogP contribution in [0.5, 0.6) is 0 Å². The van der Waals surface area contributed by atoms with Crippen molar-refractivity contribution in [3.05, 3.63) is 148 Å². The number of hydrogen-bond donors (Lipinski definition) is 4. The van der Waals surface area contributed by atoms with Gasteiger partial charge in [-0.1, -0.05) is 61.5 Å². The molecule has 12 heteroatoms. The van der Waals surface area contributed by atoms with Crippen LogP contribution in [-0.4, -0.2) is 28.9 Å². The highest BCUT2D eigenvalue weighted by Crippen LogP contribution is 2.35. The van der Waals surface area contributed by atoms with Crippen molar-refractivity contribution < 1.29 is 23.6 Å². The van der Waals surface area contributed by atoms with E-state index in [2.05, 4.69) is 27.3 Å². The molecule has 51 heavy (non-hydrogen) atoms. The van der Waals surface area contributed by atoms with Gasteiger partial charge in [-0.2, -0.15) is 5.26 Å². The van der Waals surface area contributed by atoms with E-state index in [1.54, 1.807) is 85.8 Å². The van der Waals surface area contributed by atoms with Gasteiger partial charge in [0.1, 0.15) is 22.6 Å². The number of hydrogen-bond acceptors (Lipinski definition) is 7. The van der Waals surface area contributed by atoms with Gasteiger partial charge in [-0.3, -0.25) is 19.2 Å². The van der Waals surface area contributed by atoms with Gasteiger partial charge >= 0.3 is 0 Å². The van der Waals surface area contributed by atoms with E-state index in [1.807, 2.05) is 13.0 Å². The first-order valence-electron chi connectivity index (χ1n) is 15.8. The number of para-hydroxylation sites is 1. The monoisotopic (exact) mass is 717 g/mol. The van der Waals surface area contributed by atoms with Gasteiger partial charge in [0.15, 0.2) is 0 Å². The first-order valence-corrected chi connectivity index (χ1v) is 17.5. The summed E-state index contributed by atoms with van der Waals surface area (Å²) in [5.41, 5.74) is 2.51. The summed E-state index contributed by atoms with van der Waals surface area (Å²) in [4.78, 5) is 54.0. The van der Waals surface area contributed by atoms with Crippen molar-refractivity contribution in [3.8, 4) is 6.07 Å². The van der Waals surface area contributed by atoms with E-state index in [0.29, 0.717) is 44.3 Å². The lowest BCUT2D eigenvalue weighted by Crippen LogP contribution is -2.30. The summed E-state index contributed by atoms with van der Waals surface area (Å²) in [5.74, 6) is -2.27. The van der Waals surface area contributed by atoms with Crippen molar-refractivity contribution >= 4 is 69.2 Å². The van der Waals surface area contributed by atoms with E-state index in [9.17, 15) is 28.8 Å². The SMILES string of the molecule is CCC(Sc1cccc(NC(=O)/C(=C\c2ccc(F)cc2)NC(=O)c2ccccc2)c1)C(=O)Nc1sc(C(=O)Nc2ccccc2)c(C)c1C#N. The maximum absolute atomic E-state index is 13.5. The lowest BCUT2D eigenvalue weighted by molar-refractivity contribution is -0.116. The number of anilines is 3. The van der Waals surface area contributed by atoms with Gasteiger partial charge in [0.2, 0.25) is 5.91 Å². The molecule has 0 bridgehead atoms. The smallest absolute Gasteiger partial charge is 0.272 e. The number of carbonyl (C=O) groups excluding carboxylic acids is 4. The van der Waals surface area contributed by atoms with Crippen molar-refractivity contribution in [1.29, 1.82) is 5.26 Å². The fraction of sp³-hybridized carbons (Fsp3) is 0.103. The van der Waals surface area contributed by atoms with Crippen LogP contribution in [0.2, 0.25) is 0 Å². The molecule has 5 rings (SSSR count). The second-order valence-electron chi connectivity index (χ2n) is 11.1. The normalized spacial score (nSPS) is 11.5. The Kier molecular flexibility index (Phi) is 12.1. The lowest BCUT2D eigenvalue weighted by Gasteiger charge is -2.15.